The molecule has 6 heteroatoms. The van der Waals surface area contributed by atoms with Gasteiger partial charge in [0, 0.05) is 46.9 Å². The lowest BCUT2D eigenvalue weighted by atomic mass is 10.0. The molecule has 2 aromatic heterocycles. The molecule has 118 valence electrons. The van der Waals surface area contributed by atoms with Gasteiger partial charge in [0.1, 0.15) is 5.75 Å². The van der Waals surface area contributed by atoms with Crippen LogP contribution in [0.3, 0.4) is 0 Å². The van der Waals surface area contributed by atoms with Crippen LogP contribution in [-0.4, -0.2) is 37.0 Å². The minimum atomic E-state index is -2.43. The molecule has 0 fully saturated rings. The molecule has 0 saturated heterocycles. The number of hydrogen-bond acceptors (Lipinski definition) is 3. The third-order valence-corrected chi connectivity index (χ3v) is 4.44. The molecule has 6 nitrogen and oxygen atoms in total. The third-order valence-electron chi connectivity index (χ3n) is 4.44. The number of aromatic amines is 1. The lowest BCUT2D eigenvalue weighted by Gasteiger charge is -2.27. The quantitative estimate of drug-likeness (QED) is 0.761. The SMILES string of the molecule is [2H]C([2H])([2H])n1c2c(c3ccc(O)cc31)C(=O)N(Cc1nc[nH]c1C)CC2. The lowest BCUT2D eigenvalue weighted by molar-refractivity contribution is 0.0725. The van der Waals surface area contributed by atoms with Crippen LogP contribution in [-0.2, 0) is 19.9 Å². The number of imidazole rings is 1. The highest BCUT2D eigenvalue weighted by Crippen LogP contribution is 2.32. The summed E-state index contributed by atoms with van der Waals surface area (Å²) in [5.74, 6) is -0.248. The maximum atomic E-state index is 13.1. The Bertz CT molecular complexity index is 1020. The zero-order chi connectivity index (χ0) is 18.6. The van der Waals surface area contributed by atoms with Gasteiger partial charge in [0.15, 0.2) is 0 Å². The molecule has 0 aliphatic carbocycles. The number of H-pyrrole nitrogens is 1. The Morgan fingerprint density at radius 1 is 1.48 bits per heavy atom. The number of amides is 1. The number of aromatic hydroxyl groups is 1. The van der Waals surface area contributed by atoms with E-state index >= 15 is 0 Å². The van der Waals surface area contributed by atoms with Crippen molar-refractivity contribution in [1.82, 2.24) is 19.4 Å². The van der Waals surface area contributed by atoms with Gasteiger partial charge in [-0.3, -0.25) is 4.79 Å². The number of fused-ring (bicyclic) bond motifs is 3. The van der Waals surface area contributed by atoms with Crippen molar-refractivity contribution in [3.05, 3.63) is 47.2 Å². The van der Waals surface area contributed by atoms with E-state index in [0.29, 0.717) is 41.7 Å². The lowest BCUT2D eigenvalue weighted by Crippen LogP contribution is -2.37. The molecule has 4 rings (SSSR count). The molecule has 1 aliphatic heterocycles. The number of phenols is 1. The van der Waals surface area contributed by atoms with Crippen molar-refractivity contribution >= 4 is 16.8 Å². The first-order valence-electron chi connectivity index (χ1n) is 8.92. The van der Waals surface area contributed by atoms with Gasteiger partial charge >= 0.3 is 0 Å². The highest BCUT2D eigenvalue weighted by Gasteiger charge is 2.30. The van der Waals surface area contributed by atoms with Gasteiger partial charge in [-0.15, -0.1) is 0 Å². The Balaban J connectivity index is 1.85. The summed E-state index contributed by atoms with van der Waals surface area (Å²) >= 11 is 0. The molecule has 0 unspecified atom stereocenters. The molecule has 23 heavy (non-hydrogen) atoms. The predicted molar refractivity (Wildman–Crippen MR) is 86.4 cm³/mol. The summed E-state index contributed by atoms with van der Waals surface area (Å²) in [6.07, 6.45) is 2.02. The standard InChI is InChI=1S/C17H18N4O2/c1-10-13(19-9-18-10)8-21-6-5-14-16(17(21)23)12-4-3-11(22)7-15(12)20(14)2/h3-4,7,9,22H,5-6,8H2,1-2H3,(H,18,19)/i2D3. The van der Waals surface area contributed by atoms with E-state index in [1.807, 2.05) is 6.92 Å². The molecule has 0 saturated carbocycles. The van der Waals surface area contributed by atoms with Gasteiger partial charge in [0.25, 0.3) is 5.91 Å². The fraction of sp³-hybridized carbons (Fsp3) is 0.294. The summed E-state index contributed by atoms with van der Waals surface area (Å²) in [6.45, 7) is 0.245. The van der Waals surface area contributed by atoms with Gasteiger partial charge in [0.05, 0.1) is 29.6 Å². The van der Waals surface area contributed by atoms with Gasteiger partial charge in [-0.2, -0.15) is 0 Å². The van der Waals surface area contributed by atoms with E-state index < -0.39 is 6.98 Å². The molecule has 3 heterocycles. The van der Waals surface area contributed by atoms with E-state index in [-0.39, 0.29) is 11.7 Å². The second-order valence-electron chi connectivity index (χ2n) is 5.81. The Morgan fingerprint density at radius 3 is 3.09 bits per heavy atom. The average molecular weight is 313 g/mol. The van der Waals surface area contributed by atoms with E-state index in [1.165, 1.54) is 16.7 Å². The zero-order valence-electron chi connectivity index (χ0n) is 15.6. The van der Waals surface area contributed by atoms with Crippen LogP contribution in [0.1, 0.15) is 31.6 Å². The van der Waals surface area contributed by atoms with Crippen LogP contribution in [0.2, 0.25) is 0 Å². The topological polar surface area (TPSA) is 74.2 Å². The maximum Gasteiger partial charge on any atom is 0.256 e. The fourth-order valence-electron chi connectivity index (χ4n) is 3.18. The van der Waals surface area contributed by atoms with Crippen LogP contribution < -0.4 is 0 Å². The van der Waals surface area contributed by atoms with Crippen molar-refractivity contribution in [2.24, 2.45) is 6.98 Å². The first-order valence-corrected chi connectivity index (χ1v) is 7.42. The molecular weight excluding hydrogens is 292 g/mol. The van der Waals surface area contributed by atoms with E-state index in [4.69, 9.17) is 4.11 Å². The molecule has 1 amide bonds. The third kappa shape index (κ3) is 2.02. The van der Waals surface area contributed by atoms with Crippen molar-refractivity contribution in [3.63, 3.8) is 0 Å². The van der Waals surface area contributed by atoms with Crippen LogP contribution in [0, 0.1) is 6.92 Å². The number of carbonyl (C=O) groups excluding carboxylic acids is 1. The number of aromatic nitrogens is 3. The van der Waals surface area contributed by atoms with Crippen LogP contribution in [0.4, 0.5) is 0 Å². The number of benzene rings is 1. The molecule has 0 bridgehead atoms. The summed E-state index contributed by atoms with van der Waals surface area (Å²) in [5, 5.41) is 10.3. The van der Waals surface area contributed by atoms with Crippen molar-refractivity contribution in [2.45, 2.75) is 19.9 Å². The predicted octanol–water partition coefficient (Wildman–Crippen LogP) is 2.11. The normalized spacial score (nSPS) is 17.0. The second kappa shape index (κ2) is 4.87. The van der Waals surface area contributed by atoms with Crippen molar-refractivity contribution in [1.29, 1.82) is 0 Å². The fourth-order valence-corrected chi connectivity index (χ4v) is 3.18. The smallest absolute Gasteiger partial charge is 0.256 e. The summed E-state index contributed by atoms with van der Waals surface area (Å²) in [6, 6.07) is 4.47. The Labute approximate surface area is 137 Å². The monoisotopic (exact) mass is 313 g/mol. The molecule has 0 atom stereocenters. The number of nitrogens with one attached hydrogen (secondary N) is 1. The van der Waals surface area contributed by atoms with E-state index in [0.717, 1.165) is 11.4 Å². The highest BCUT2D eigenvalue weighted by atomic mass is 16.3. The molecule has 2 N–H and O–H groups in total. The minimum Gasteiger partial charge on any atom is -0.508 e. The molecule has 1 aromatic carbocycles. The van der Waals surface area contributed by atoms with Gasteiger partial charge < -0.3 is 19.6 Å². The molecule has 3 aromatic rings. The van der Waals surface area contributed by atoms with Crippen molar-refractivity contribution < 1.29 is 14.0 Å². The van der Waals surface area contributed by atoms with Gasteiger partial charge in [-0.05, 0) is 19.1 Å². The zero-order valence-corrected chi connectivity index (χ0v) is 12.6. The highest BCUT2D eigenvalue weighted by molar-refractivity contribution is 6.09. The molecule has 0 spiro atoms. The number of rotatable bonds is 2. The van der Waals surface area contributed by atoms with Crippen molar-refractivity contribution in [3.8, 4) is 5.75 Å². The Hall–Kier alpha value is -2.76. The van der Waals surface area contributed by atoms with Crippen LogP contribution in [0.5, 0.6) is 5.75 Å². The van der Waals surface area contributed by atoms with Crippen molar-refractivity contribution in [2.75, 3.05) is 6.54 Å². The first kappa shape index (κ1) is 10.9. The number of phenolic OH excluding ortho intramolecular Hbond substituents is 1. The first-order chi connectivity index (χ1) is 12.3. The Kier molecular flexibility index (Phi) is 2.31. The number of hydrogen-bond donors (Lipinski definition) is 2. The van der Waals surface area contributed by atoms with Gasteiger partial charge in [-0.1, -0.05) is 0 Å². The minimum absolute atomic E-state index is 0.0331. The van der Waals surface area contributed by atoms with Gasteiger partial charge in [-0.25, -0.2) is 4.98 Å². The summed E-state index contributed by atoms with van der Waals surface area (Å²) in [4.78, 5) is 22.0. The average Bonchev–Trinajstić information content (AvgIpc) is 3.10. The molecule has 0 radical (unpaired) electrons. The van der Waals surface area contributed by atoms with E-state index in [1.54, 1.807) is 17.3 Å². The van der Waals surface area contributed by atoms with E-state index in [9.17, 15) is 9.90 Å². The number of aryl methyl sites for hydroxylation is 2. The maximum absolute atomic E-state index is 13.1. The largest absolute Gasteiger partial charge is 0.508 e. The Morgan fingerprint density at radius 2 is 2.35 bits per heavy atom. The number of carbonyl (C=O) groups is 1. The van der Waals surface area contributed by atoms with E-state index in [2.05, 4.69) is 9.97 Å². The van der Waals surface area contributed by atoms with Crippen LogP contribution in [0.25, 0.3) is 10.9 Å². The molecule has 1 aliphatic rings. The van der Waals surface area contributed by atoms with Crippen LogP contribution in [0.15, 0.2) is 24.5 Å². The summed E-state index contributed by atoms with van der Waals surface area (Å²) in [5.41, 5.74) is 2.93. The second-order valence-corrected chi connectivity index (χ2v) is 5.81. The van der Waals surface area contributed by atoms with Gasteiger partial charge in [0.2, 0.25) is 0 Å². The summed E-state index contributed by atoms with van der Waals surface area (Å²) < 4.78 is 24.8. The molecular formula is C17H18N4O2. The van der Waals surface area contributed by atoms with Crippen LogP contribution >= 0.6 is 0 Å². The number of nitrogens with zero attached hydrogens (tertiary/aromatic N) is 3. The summed E-state index contributed by atoms with van der Waals surface area (Å²) in [7, 11) is 0.